The van der Waals surface area contributed by atoms with E-state index < -0.39 is 0 Å². The standard InChI is InChI=1S/C19H17ClN2O3S/c1-24-17-8-2-13(3-9-17)19-22-16(10-25-19)11-26-12-18(23)21-15-6-4-14(20)5-7-15/h2-10H,11-12H2,1H3,(H,21,23). The van der Waals surface area contributed by atoms with Crippen LogP contribution in [0.1, 0.15) is 5.69 Å². The third-order valence-electron chi connectivity index (χ3n) is 3.50. The van der Waals surface area contributed by atoms with Gasteiger partial charge in [-0.3, -0.25) is 4.79 Å². The molecule has 3 rings (SSSR count). The Kier molecular flexibility index (Phi) is 6.20. The normalized spacial score (nSPS) is 10.5. The van der Waals surface area contributed by atoms with E-state index in [9.17, 15) is 4.79 Å². The van der Waals surface area contributed by atoms with Crippen LogP contribution in [0.2, 0.25) is 5.02 Å². The smallest absolute Gasteiger partial charge is 0.234 e. The molecule has 26 heavy (non-hydrogen) atoms. The summed E-state index contributed by atoms with van der Waals surface area (Å²) in [6, 6.07) is 14.5. The molecule has 0 saturated carbocycles. The van der Waals surface area contributed by atoms with Gasteiger partial charge in [-0.1, -0.05) is 11.6 Å². The molecule has 0 fully saturated rings. The summed E-state index contributed by atoms with van der Waals surface area (Å²) < 4.78 is 10.6. The van der Waals surface area contributed by atoms with Gasteiger partial charge in [-0.15, -0.1) is 11.8 Å². The summed E-state index contributed by atoms with van der Waals surface area (Å²) in [5.41, 5.74) is 2.39. The molecule has 1 amide bonds. The van der Waals surface area contributed by atoms with Crippen molar-refractivity contribution in [3.63, 3.8) is 0 Å². The van der Waals surface area contributed by atoms with E-state index in [1.165, 1.54) is 11.8 Å². The van der Waals surface area contributed by atoms with Crippen LogP contribution < -0.4 is 10.1 Å². The molecule has 0 atom stereocenters. The quantitative estimate of drug-likeness (QED) is 0.625. The summed E-state index contributed by atoms with van der Waals surface area (Å²) in [5.74, 6) is 2.17. The zero-order chi connectivity index (χ0) is 18.4. The molecule has 5 nitrogen and oxygen atoms in total. The molecular formula is C19H17ClN2O3S. The Bertz CT molecular complexity index is 863. The molecular weight excluding hydrogens is 372 g/mol. The van der Waals surface area contributed by atoms with Crippen LogP contribution in [-0.2, 0) is 10.5 Å². The largest absolute Gasteiger partial charge is 0.497 e. The molecule has 3 aromatic rings. The van der Waals surface area contributed by atoms with Crippen LogP contribution in [0.3, 0.4) is 0 Å². The summed E-state index contributed by atoms with van der Waals surface area (Å²) in [7, 11) is 1.62. The Labute approximate surface area is 160 Å². The van der Waals surface area contributed by atoms with E-state index in [2.05, 4.69) is 10.3 Å². The van der Waals surface area contributed by atoms with Crippen molar-refractivity contribution in [2.24, 2.45) is 0 Å². The van der Waals surface area contributed by atoms with Crippen molar-refractivity contribution in [3.8, 4) is 17.2 Å². The minimum Gasteiger partial charge on any atom is -0.497 e. The van der Waals surface area contributed by atoms with Crippen molar-refractivity contribution in [1.29, 1.82) is 0 Å². The van der Waals surface area contributed by atoms with Gasteiger partial charge in [-0.2, -0.15) is 0 Å². The Morgan fingerprint density at radius 1 is 1.19 bits per heavy atom. The molecule has 0 aliphatic rings. The Hall–Kier alpha value is -2.44. The summed E-state index contributed by atoms with van der Waals surface area (Å²) >= 11 is 7.29. The number of hydrogen-bond acceptors (Lipinski definition) is 5. The van der Waals surface area contributed by atoms with Crippen molar-refractivity contribution in [2.45, 2.75) is 5.75 Å². The second kappa shape index (κ2) is 8.78. The zero-order valence-corrected chi connectivity index (χ0v) is 15.6. The second-order valence-electron chi connectivity index (χ2n) is 5.42. The molecule has 0 saturated heterocycles. The van der Waals surface area contributed by atoms with Crippen molar-refractivity contribution in [1.82, 2.24) is 4.98 Å². The van der Waals surface area contributed by atoms with E-state index in [1.54, 1.807) is 37.6 Å². The topological polar surface area (TPSA) is 64.4 Å². The van der Waals surface area contributed by atoms with Gasteiger partial charge < -0.3 is 14.5 Å². The van der Waals surface area contributed by atoms with Crippen LogP contribution in [0.4, 0.5) is 5.69 Å². The molecule has 1 N–H and O–H groups in total. The first kappa shape index (κ1) is 18.4. The average molecular weight is 389 g/mol. The third-order valence-corrected chi connectivity index (χ3v) is 4.72. The number of carbonyl (C=O) groups excluding carboxylic acids is 1. The highest BCUT2D eigenvalue weighted by molar-refractivity contribution is 7.99. The van der Waals surface area contributed by atoms with Crippen molar-refractivity contribution in [3.05, 3.63) is 65.5 Å². The molecule has 1 heterocycles. The van der Waals surface area contributed by atoms with Crippen molar-refractivity contribution in [2.75, 3.05) is 18.2 Å². The monoisotopic (exact) mass is 388 g/mol. The van der Waals surface area contributed by atoms with Crippen molar-refractivity contribution < 1.29 is 13.9 Å². The molecule has 0 aliphatic carbocycles. The molecule has 0 unspecified atom stereocenters. The van der Waals surface area contributed by atoms with Crippen molar-refractivity contribution >= 4 is 35.0 Å². The summed E-state index contributed by atoms with van der Waals surface area (Å²) in [6.45, 7) is 0. The number of ether oxygens (including phenoxy) is 1. The number of oxazole rings is 1. The molecule has 134 valence electrons. The van der Waals surface area contributed by atoms with Crippen LogP contribution >= 0.6 is 23.4 Å². The fraction of sp³-hybridized carbons (Fsp3) is 0.158. The molecule has 2 aromatic carbocycles. The SMILES string of the molecule is COc1ccc(-c2nc(CSCC(=O)Nc3ccc(Cl)cc3)co2)cc1. The minimum atomic E-state index is -0.0730. The Morgan fingerprint density at radius 2 is 1.92 bits per heavy atom. The van der Waals surface area contributed by atoms with Gasteiger partial charge >= 0.3 is 0 Å². The van der Waals surface area contributed by atoms with Gasteiger partial charge in [0.1, 0.15) is 12.0 Å². The lowest BCUT2D eigenvalue weighted by atomic mass is 10.2. The van der Waals surface area contributed by atoms with Crippen LogP contribution in [0.15, 0.2) is 59.2 Å². The number of halogens is 1. The van der Waals surface area contributed by atoms with Crippen LogP contribution in [0.25, 0.3) is 11.5 Å². The van der Waals surface area contributed by atoms with E-state index in [-0.39, 0.29) is 5.91 Å². The average Bonchev–Trinajstić information content (AvgIpc) is 3.12. The van der Waals surface area contributed by atoms with E-state index in [4.69, 9.17) is 20.8 Å². The summed E-state index contributed by atoms with van der Waals surface area (Å²) in [5, 5.41) is 3.46. The maximum absolute atomic E-state index is 12.0. The number of methoxy groups -OCH3 is 1. The summed E-state index contributed by atoms with van der Waals surface area (Å²) in [4.78, 5) is 16.4. The number of carbonyl (C=O) groups is 1. The fourth-order valence-corrected chi connectivity index (χ4v) is 3.05. The van der Waals surface area contributed by atoms with Crippen LogP contribution in [-0.4, -0.2) is 23.8 Å². The first-order valence-electron chi connectivity index (χ1n) is 7.86. The number of amides is 1. The highest BCUT2D eigenvalue weighted by Crippen LogP contribution is 2.23. The number of aromatic nitrogens is 1. The highest BCUT2D eigenvalue weighted by Gasteiger charge is 2.09. The van der Waals surface area contributed by atoms with Crippen LogP contribution in [0, 0.1) is 0 Å². The molecule has 0 spiro atoms. The molecule has 1 aromatic heterocycles. The molecule has 0 bridgehead atoms. The first-order valence-corrected chi connectivity index (χ1v) is 9.39. The van der Waals surface area contributed by atoms with E-state index >= 15 is 0 Å². The van der Waals surface area contributed by atoms with Gasteiger partial charge in [0.05, 0.1) is 18.6 Å². The molecule has 7 heteroatoms. The lowest BCUT2D eigenvalue weighted by Crippen LogP contribution is -2.14. The highest BCUT2D eigenvalue weighted by atomic mass is 35.5. The van der Waals surface area contributed by atoms with Gasteiger partial charge in [0.2, 0.25) is 11.8 Å². The third kappa shape index (κ3) is 5.03. The number of thioether (sulfide) groups is 1. The van der Waals surface area contributed by atoms with E-state index in [0.717, 1.165) is 22.7 Å². The minimum absolute atomic E-state index is 0.0730. The lowest BCUT2D eigenvalue weighted by molar-refractivity contribution is -0.113. The lowest BCUT2D eigenvalue weighted by Gasteiger charge is -2.04. The zero-order valence-electron chi connectivity index (χ0n) is 14.1. The second-order valence-corrected chi connectivity index (χ2v) is 6.84. The van der Waals surface area contributed by atoms with E-state index in [0.29, 0.717) is 22.4 Å². The first-order chi connectivity index (χ1) is 12.6. The van der Waals surface area contributed by atoms with Gasteiger partial charge in [0.15, 0.2) is 0 Å². The number of rotatable bonds is 7. The van der Waals surface area contributed by atoms with Gasteiger partial charge in [-0.25, -0.2) is 4.98 Å². The van der Waals surface area contributed by atoms with Gasteiger partial charge in [0.25, 0.3) is 0 Å². The molecule has 0 aliphatic heterocycles. The number of hydrogen-bond donors (Lipinski definition) is 1. The summed E-state index contributed by atoms with van der Waals surface area (Å²) in [6.07, 6.45) is 1.61. The Morgan fingerprint density at radius 3 is 2.62 bits per heavy atom. The maximum atomic E-state index is 12.0. The molecule has 0 radical (unpaired) electrons. The van der Waals surface area contributed by atoms with Gasteiger partial charge in [0, 0.05) is 22.0 Å². The number of anilines is 1. The predicted octanol–water partition coefficient (Wildman–Crippen LogP) is 4.88. The predicted molar refractivity (Wildman–Crippen MR) is 105 cm³/mol. The fourth-order valence-electron chi connectivity index (χ4n) is 2.22. The number of benzene rings is 2. The number of nitrogens with zero attached hydrogens (tertiary/aromatic N) is 1. The Balaban J connectivity index is 1.48. The van der Waals surface area contributed by atoms with E-state index in [1.807, 2.05) is 24.3 Å². The number of nitrogens with one attached hydrogen (secondary N) is 1. The van der Waals surface area contributed by atoms with Gasteiger partial charge in [-0.05, 0) is 48.5 Å². The maximum Gasteiger partial charge on any atom is 0.234 e. The van der Waals surface area contributed by atoms with Crippen LogP contribution in [0.5, 0.6) is 5.75 Å².